The second-order valence-electron chi connectivity index (χ2n) is 10.3. The fourth-order valence-electron chi connectivity index (χ4n) is 5.05. The predicted octanol–water partition coefficient (Wildman–Crippen LogP) is 6.75. The van der Waals surface area contributed by atoms with Crippen molar-refractivity contribution in [2.24, 2.45) is 0 Å². The van der Waals surface area contributed by atoms with Crippen molar-refractivity contribution in [2.45, 2.75) is 63.9 Å². The van der Waals surface area contributed by atoms with E-state index < -0.39 is 30.5 Å². The minimum Gasteiger partial charge on any atom is -0.374 e. The second kappa shape index (κ2) is 16.0. The quantitative estimate of drug-likeness (QED) is 0.169. The molecule has 0 amide bonds. The summed E-state index contributed by atoms with van der Waals surface area (Å²) in [6.07, 6.45) is -2.32. The van der Waals surface area contributed by atoms with Gasteiger partial charge in [-0.2, -0.15) is 0 Å². The van der Waals surface area contributed by atoms with Gasteiger partial charge in [-0.1, -0.05) is 127 Å². The third-order valence-corrected chi connectivity index (χ3v) is 7.17. The highest BCUT2D eigenvalue weighted by atomic mass is 16.6. The van der Waals surface area contributed by atoms with E-state index in [2.05, 4.69) is 48.2 Å². The van der Waals surface area contributed by atoms with Gasteiger partial charge in [0.05, 0.1) is 33.0 Å². The number of ether oxygens (including phenoxy) is 5. The lowest BCUT2D eigenvalue weighted by atomic mass is 9.94. The van der Waals surface area contributed by atoms with Crippen LogP contribution in [0.1, 0.15) is 29.2 Å². The van der Waals surface area contributed by atoms with Crippen molar-refractivity contribution in [3.8, 4) is 11.8 Å². The summed E-state index contributed by atoms with van der Waals surface area (Å²) in [7, 11) is 0. The molecule has 1 aliphatic heterocycles. The van der Waals surface area contributed by atoms with Crippen LogP contribution in [0.3, 0.4) is 0 Å². The predicted molar refractivity (Wildman–Crippen MR) is 163 cm³/mol. The van der Waals surface area contributed by atoms with Crippen LogP contribution in [0.4, 0.5) is 0 Å². The van der Waals surface area contributed by atoms with Crippen LogP contribution in [0.25, 0.3) is 0 Å². The van der Waals surface area contributed by atoms with Gasteiger partial charge in [0.1, 0.15) is 30.5 Å². The molecule has 0 unspecified atom stereocenters. The molecule has 0 aliphatic carbocycles. The van der Waals surface area contributed by atoms with Crippen molar-refractivity contribution in [1.82, 2.24) is 0 Å². The van der Waals surface area contributed by atoms with Crippen LogP contribution in [0.15, 0.2) is 121 Å². The largest absolute Gasteiger partial charge is 0.374 e. The van der Waals surface area contributed by atoms with Crippen molar-refractivity contribution in [1.29, 1.82) is 0 Å². The molecule has 1 fully saturated rings. The Hall–Kier alpha value is -3.76. The van der Waals surface area contributed by atoms with Gasteiger partial charge in [-0.25, -0.2) is 0 Å². The van der Waals surface area contributed by atoms with Gasteiger partial charge >= 0.3 is 0 Å². The first kappa shape index (κ1) is 29.7. The van der Waals surface area contributed by atoms with E-state index >= 15 is 0 Å². The fraction of sp³-hybridized carbons (Fsp3) is 0.297. The van der Waals surface area contributed by atoms with E-state index in [1.165, 1.54) is 0 Å². The van der Waals surface area contributed by atoms with Crippen molar-refractivity contribution >= 4 is 0 Å². The summed E-state index contributed by atoms with van der Waals surface area (Å²) in [5, 5.41) is 0. The van der Waals surface area contributed by atoms with Crippen LogP contribution in [-0.4, -0.2) is 37.1 Å². The Kier molecular flexibility index (Phi) is 11.3. The molecule has 5 nitrogen and oxygen atoms in total. The van der Waals surface area contributed by atoms with Crippen molar-refractivity contribution in [3.05, 3.63) is 144 Å². The molecule has 0 spiro atoms. The topological polar surface area (TPSA) is 46.2 Å². The lowest BCUT2D eigenvalue weighted by Crippen LogP contribution is -2.60. The first-order valence-corrected chi connectivity index (χ1v) is 14.5. The molecule has 1 heterocycles. The molecule has 0 saturated carbocycles. The first-order valence-electron chi connectivity index (χ1n) is 14.5. The molecule has 1 saturated heterocycles. The van der Waals surface area contributed by atoms with Crippen molar-refractivity contribution < 1.29 is 23.7 Å². The number of benzene rings is 4. The molecule has 216 valence electrons. The van der Waals surface area contributed by atoms with E-state index in [4.69, 9.17) is 23.7 Å². The van der Waals surface area contributed by atoms with Crippen LogP contribution in [-0.2, 0) is 50.1 Å². The summed E-state index contributed by atoms with van der Waals surface area (Å²) in [5.41, 5.74) is 4.31. The Balaban J connectivity index is 1.41. The van der Waals surface area contributed by atoms with E-state index in [0.29, 0.717) is 33.0 Å². The molecule has 0 aromatic heterocycles. The third-order valence-electron chi connectivity index (χ3n) is 7.17. The van der Waals surface area contributed by atoms with Gasteiger partial charge in [0.2, 0.25) is 0 Å². The molecule has 42 heavy (non-hydrogen) atoms. The van der Waals surface area contributed by atoms with Gasteiger partial charge in [-0.3, -0.25) is 0 Å². The summed E-state index contributed by atoms with van der Waals surface area (Å²) in [4.78, 5) is 0. The fourth-order valence-corrected chi connectivity index (χ4v) is 5.05. The normalized spacial score (nSPS) is 21.8. The molecule has 5 heteroatoms. The van der Waals surface area contributed by atoms with Crippen LogP contribution < -0.4 is 0 Å². The number of rotatable bonds is 13. The standard InChI is InChI=1S/C37H38O5/c1-2-15-33-35(39-25-30-18-9-4-10-19-30)37(41-27-32-22-13-6-14-23-32)36(40-26-31-20-11-5-12-21-31)34(42-33)28-38-24-29-16-7-3-8-17-29/h3-14,16-23,33-37H,24-28H2,1H3/t33-,34+,35-,36+,37+/m0/s1. The van der Waals surface area contributed by atoms with Crippen LogP contribution in [0, 0.1) is 11.8 Å². The molecule has 5 rings (SSSR count). The minimum absolute atomic E-state index is 0.326. The molecule has 1 aliphatic rings. The van der Waals surface area contributed by atoms with Gasteiger partial charge in [0, 0.05) is 0 Å². The average Bonchev–Trinajstić information content (AvgIpc) is 3.05. The highest BCUT2D eigenvalue weighted by Crippen LogP contribution is 2.31. The second-order valence-corrected chi connectivity index (χ2v) is 10.3. The molecule has 5 atom stereocenters. The first-order chi connectivity index (χ1) is 20.8. The number of hydrogen-bond acceptors (Lipinski definition) is 5. The summed E-state index contributed by atoms with van der Waals surface area (Å²) >= 11 is 0. The molecular weight excluding hydrogens is 524 g/mol. The Bertz CT molecular complexity index is 1370. The highest BCUT2D eigenvalue weighted by Gasteiger charge is 2.48. The van der Waals surface area contributed by atoms with Gasteiger partial charge in [0.15, 0.2) is 0 Å². The zero-order valence-electron chi connectivity index (χ0n) is 24.0. The van der Waals surface area contributed by atoms with Crippen LogP contribution in [0.2, 0.25) is 0 Å². The molecule has 4 aromatic rings. The third kappa shape index (κ3) is 8.62. The van der Waals surface area contributed by atoms with Gasteiger partial charge in [-0.05, 0) is 29.2 Å². The maximum Gasteiger partial charge on any atom is 0.147 e. The molecular formula is C37H38O5. The van der Waals surface area contributed by atoms with Crippen molar-refractivity contribution in [3.63, 3.8) is 0 Å². The van der Waals surface area contributed by atoms with Crippen LogP contribution >= 0.6 is 0 Å². The van der Waals surface area contributed by atoms with E-state index in [0.717, 1.165) is 22.3 Å². The van der Waals surface area contributed by atoms with E-state index in [-0.39, 0.29) is 0 Å². The van der Waals surface area contributed by atoms with E-state index in [9.17, 15) is 0 Å². The van der Waals surface area contributed by atoms with Crippen molar-refractivity contribution in [2.75, 3.05) is 6.61 Å². The molecule has 0 bridgehead atoms. The van der Waals surface area contributed by atoms with E-state index in [1.54, 1.807) is 0 Å². The zero-order valence-corrected chi connectivity index (χ0v) is 24.0. The maximum atomic E-state index is 6.69. The maximum absolute atomic E-state index is 6.69. The lowest BCUT2D eigenvalue weighted by Gasteiger charge is -2.45. The summed E-state index contributed by atoms with van der Waals surface area (Å²) < 4.78 is 32.7. The van der Waals surface area contributed by atoms with Gasteiger partial charge in [-0.15, -0.1) is 5.92 Å². The Morgan fingerprint density at radius 3 is 1.38 bits per heavy atom. The van der Waals surface area contributed by atoms with E-state index in [1.807, 2.05) is 91.9 Å². The Morgan fingerprint density at radius 1 is 0.524 bits per heavy atom. The minimum atomic E-state index is -0.513. The smallest absolute Gasteiger partial charge is 0.147 e. The Labute approximate surface area is 249 Å². The van der Waals surface area contributed by atoms with Gasteiger partial charge < -0.3 is 23.7 Å². The zero-order chi connectivity index (χ0) is 28.8. The molecule has 0 N–H and O–H groups in total. The SMILES string of the molecule is CC#C[C@@H]1O[C@H](COCc2ccccc2)[C@@H](OCc2ccccc2)[C@H](OCc2ccccc2)[C@H]1OCc1ccccc1. The molecule has 0 radical (unpaired) electrons. The summed E-state index contributed by atoms with van der Waals surface area (Å²) in [6, 6.07) is 40.5. The monoisotopic (exact) mass is 562 g/mol. The highest BCUT2D eigenvalue weighted by molar-refractivity contribution is 5.18. The summed E-state index contributed by atoms with van der Waals surface area (Å²) in [5.74, 6) is 6.29. The summed E-state index contributed by atoms with van der Waals surface area (Å²) in [6.45, 7) is 3.84. The van der Waals surface area contributed by atoms with Crippen LogP contribution in [0.5, 0.6) is 0 Å². The molecule has 4 aromatic carbocycles. The Morgan fingerprint density at radius 2 is 0.929 bits per heavy atom. The lowest BCUT2D eigenvalue weighted by molar-refractivity contribution is -0.261. The number of hydrogen-bond donors (Lipinski definition) is 0. The average molecular weight is 563 g/mol. The van der Waals surface area contributed by atoms with Gasteiger partial charge in [0.25, 0.3) is 0 Å².